The van der Waals surface area contributed by atoms with E-state index in [9.17, 15) is 68.8 Å². The highest BCUT2D eigenvalue weighted by Gasteiger charge is 2.35. The third-order valence-electron chi connectivity index (χ3n) is 21.1. The highest BCUT2D eigenvalue weighted by atomic mass is 79.9. The molecule has 4 saturated heterocycles. The Balaban J connectivity index is 0.000000135. The van der Waals surface area contributed by atoms with Gasteiger partial charge in [-0.3, -0.25) is 0 Å². The van der Waals surface area contributed by atoms with Crippen LogP contribution < -0.4 is 19.6 Å². The maximum absolute atomic E-state index is 14.0. The molecule has 0 saturated carbocycles. The van der Waals surface area contributed by atoms with Crippen LogP contribution in [0.5, 0.6) is 0 Å². The van der Waals surface area contributed by atoms with Gasteiger partial charge in [0.25, 0.3) is 65.8 Å². The molecule has 0 bridgehead atoms. The number of aromatic nitrogens is 4. The maximum atomic E-state index is 14.0. The first-order chi connectivity index (χ1) is 55.2. The minimum atomic E-state index is -4.11. The van der Waals surface area contributed by atoms with Gasteiger partial charge in [-0.05, 0) is 228 Å². The Hall–Kier alpha value is -8.00. The smallest absolute Gasteiger partial charge is 0.269 e. The molecule has 12 aromatic rings. The quantitative estimate of drug-likeness (QED) is 0.0841. The molecule has 4 aliphatic rings. The van der Waals surface area contributed by atoms with Gasteiger partial charge in [0.15, 0.2) is 0 Å². The molecule has 0 unspecified atom stereocenters. The summed E-state index contributed by atoms with van der Waals surface area (Å²) in [5.41, 5.74) is 4.05. The summed E-state index contributed by atoms with van der Waals surface area (Å²) in [5.74, 6) is 0. The Morgan fingerprint density at radius 3 is 0.759 bits per heavy atom. The first-order valence-electron chi connectivity index (χ1n) is 37.6. The summed E-state index contributed by atoms with van der Waals surface area (Å²) in [4.78, 5) is 8.23. The highest BCUT2D eigenvalue weighted by Crippen LogP contribution is 2.47. The van der Waals surface area contributed by atoms with Gasteiger partial charge >= 0.3 is 0 Å². The zero-order chi connectivity index (χ0) is 83.0. The zero-order valence-electron chi connectivity index (χ0n) is 63.0. The second-order valence-corrected chi connectivity index (χ2v) is 38.9. The molecule has 616 valence electrons. The molecule has 0 radical (unpaired) electrons. The lowest BCUT2D eigenvalue weighted by atomic mass is 10.1. The number of hydrogen-bond acceptors (Lipinski definition) is 12. The summed E-state index contributed by atoms with van der Waals surface area (Å²) >= 11 is 28.5. The van der Waals surface area contributed by atoms with Crippen molar-refractivity contribution in [3.8, 4) is 0 Å². The van der Waals surface area contributed by atoms with E-state index in [0.717, 1.165) is 187 Å². The fraction of sp³-hybridized carbons (Fsp3) is 0.325. The Bertz CT molecular complexity index is 5730. The fourth-order valence-corrected chi connectivity index (χ4v) is 23.2. The number of benzene rings is 8. The minimum absolute atomic E-state index is 0.00258. The van der Waals surface area contributed by atoms with Crippen LogP contribution in [0.1, 0.15) is 142 Å². The van der Waals surface area contributed by atoms with E-state index in [4.69, 9.17) is 46.4 Å². The molecule has 8 heterocycles. The van der Waals surface area contributed by atoms with Crippen molar-refractivity contribution in [1.29, 1.82) is 0 Å². The average molecular weight is 1820 g/mol. The van der Waals surface area contributed by atoms with Gasteiger partial charge in [-0.25, -0.2) is 84.7 Å². The molecule has 0 amide bonds. The van der Waals surface area contributed by atoms with E-state index in [1.54, 1.807) is 99.6 Å². The number of aryl methyl sites for hydroxylation is 3. The van der Waals surface area contributed by atoms with Gasteiger partial charge in [-0.2, -0.15) is 0 Å². The summed E-state index contributed by atoms with van der Waals surface area (Å²) in [5, 5.41) is 2.25. The normalized spacial score (nSPS) is 15.4. The van der Waals surface area contributed by atoms with Crippen LogP contribution in [-0.4, -0.2) is 102 Å². The van der Waals surface area contributed by atoms with E-state index in [2.05, 4.69) is 15.9 Å². The van der Waals surface area contributed by atoms with Gasteiger partial charge in [0.2, 0.25) is 0 Å². The molecule has 4 fully saturated rings. The van der Waals surface area contributed by atoms with Gasteiger partial charge in [-0.15, -0.1) is 0 Å². The van der Waals surface area contributed by atoms with Gasteiger partial charge in [0.1, 0.15) is 4.90 Å². The second kappa shape index (κ2) is 35.5. The number of piperidine rings is 4. The second-order valence-electron chi connectivity index (χ2n) is 29.1. The lowest BCUT2D eigenvalue weighted by Gasteiger charge is -2.30. The number of alkyl halides is 8. The summed E-state index contributed by atoms with van der Waals surface area (Å²) in [6, 6.07) is 37.9. The molecule has 116 heavy (non-hydrogen) atoms. The zero-order valence-corrected chi connectivity index (χ0v) is 70.9. The van der Waals surface area contributed by atoms with Crippen LogP contribution in [0, 0.1) is 20.8 Å². The van der Waals surface area contributed by atoms with Crippen molar-refractivity contribution in [2.24, 2.45) is 0 Å². The highest BCUT2D eigenvalue weighted by molar-refractivity contribution is 9.10. The van der Waals surface area contributed by atoms with Crippen LogP contribution in [0.25, 0.3) is 43.6 Å². The van der Waals surface area contributed by atoms with Crippen molar-refractivity contribution in [2.75, 3.05) is 72.0 Å². The number of rotatable bonds is 16. The molecule has 0 spiro atoms. The van der Waals surface area contributed by atoms with Crippen molar-refractivity contribution in [2.45, 2.75) is 143 Å². The van der Waals surface area contributed by atoms with Crippen molar-refractivity contribution >= 4 is 169 Å². The topological polar surface area (TPSA) is 169 Å². The van der Waals surface area contributed by atoms with E-state index < -0.39 is 65.8 Å². The Morgan fingerprint density at radius 2 is 0.534 bits per heavy atom. The number of anilines is 4. The van der Waals surface area contributed by atoms with Crippen LogP contribution in [0.3, 0.4) is 0 Å². The molecule has 0 aliphatic carbocycles. The standard InChI is InChI=1S/3C21H21ClF2N2O2S.C20H18BrClF2N2O2S/c3*1-14-6-5-7-16(10-14)29(27,28)26-13-17(21(23)24)20-18(11-15(22)12-19(20)26)25-8-3-2-4-9-25;21-15-6-2-3-7-18(15)29(27,28)26-12-14(20(23)24)19-16(10-13(22)11-17(19)26)25-8-4-1-5-9-25/h3*5-7,10-13,21H,2-4,8-9H2,1H3;2-3,6-7,10-12,20H,1,4-5,8-9H2. The lowest BCUT2D eigenvalue weighted by Crippen LogP contribution is -2.29. The Morgan fingerprint density at radius 1 is 0.302 bits per heavy atom. The maximum Gasteiger partial charge on any atom is 0.269 e. The average Bonchev–Trinajstić information content (AvgIpc) is 1.60. The van der Waals surface area contributed by atoms with Crippen LogP contribution in [-0.2, 0) is 40.1 Å². The Labute approximate surface area is 697 Å². The summed E-state index contributed by atoms with van der Waals surface area (Å²) in [7, 11) is -16.3. The van der Waals surface area contributed by atoms with Crippen LogP contribution >= 0.6 is 62.3 Å². The molecule has 8 aromatic carbocycles. The summed E-state index contributed by atoms with van der Waals surface area (Å²) in [6.45, 7) is 11.2. The van der Waals surface area contributed by atoms with Crippen molar-refractivity contribution in [1.82, 2.24) is 15.9 Å². The first kappa shape index (κ1) is 85.9. The van der Waals surface area contributed by atoms with Gasteiger partial charge < -0.3 is 19.6 Å². The van der Waals surface area contributed by atoms with Crippen molar-refractivity contribution in [3.63, 3.8) is 0 Å². The van der Waals surface area contributed by atoms with E-state index in [-0.39, 0.29) is 85.4 Å². The van der Waals surface area contributed by atoms with Crippen molar-refractivity contribution < 1.29 is 68.8 Å². The van der Waals surface area contributed by atoms with Gasteiger partial charge in [0.05, 0.1) is 36.8 Å². The predicted octanol–water partition coefficient (Wildman–Crippen LogP) is 23.5. The molecule has 4 aliphatic heterocycles. The van der Waals surface area contributed by atoms with Crippen LogP contribution in [0.4, 0.5) is 57.9 Å². The molecule has 16 nitrogen and oxygen atoms in total. The largest absolute Gasteiger partial charge is 0.371 e. The summed E-state index contributed by atoms with van der Waals surface area (Å²) < 4.78 is 222. The molecular formula is C83H81BrCl4F8N8O8S4. The minimum Gasteiger partial charge on any atom is -0.371 e. The fourth-order valence-electron chi connectivity index (χ4n) is 15.7. The molecule has 0 N–H and O–H groups in total. The molecule has 33 heteroatoms. The van der Waals surface area contributed by atoms with E-state index >= 15 is 0 Å². The SMILES string of the molecule is Cc1cccc(S(=O)(=O)n2cc(C(F)F)c3c(N4CCCCC4)cc(Cl)cc32)c1.Cc1cccc(S(=O)(=O)n2cc(C(F)F)c3c(N4CCCCC4)cc(Cl)cc32)c1.Cc1cccc(S(=O)(=O)n2cc(C(F)F)c3c(N4CCCCC4)cc(Cl)cc32)c1.O=S(=O)(c1ccccc1Br)n1cc(C(F)F)c2c(N3CCCCC3)cc(Cl)cc21. The molecule has 4 aromatic heterocycles. The third-order valence-corrected chi connectivity index (χ3v) is 29.7. The molecule has 16 rings (SSSR count). The number of nitrogens with zero attached hydrogens (tertiary/aromatic N) is 8. The van der Waals surface area contributed by atoms with E-state index in [0.29, 0.717) is 47.3 Å². The number of halogens is 13. The van der Waals surface area contributed by atoms with E-state index in [1.807, 2.05) is 19.6 Å². The lowest BCUT2D eigenvalue weighted by molar-refractivity contribution is 0.152. The van der Waals surface area contributed by atoms with Crippen LogP contribution in [0.2, 0.25) is 20.1 Å². The van der Waals surface area contributed by atoms with Crippen molar-refractivity contribution in [3.05, 3.63) is 234 Å². The number of hydrogen-bond donors (Lipinski definition) is 0. The van der Waals surface area contributed by atoms with E-state index in [1.165, 1.54) is 66.7 Å². The first-order valence-corrected chi connectivity index (χ1v) is 45.7. The Kier molecular flexibility index (Phi) is 26.3. The summed E-state index contributed by atoms with van der Waals surface area (Å²) in [6.07, 6.45) is 4.89. The number of fused-ring (bicyclic) bond motifs is 4. The monoisotopic (exact) mass is 1820 g/mol. The van der Waals surface area contributed by atoms with Crippen LogP contribution in [0.15, 0.2) is 194 Å². The molecule has 0 atom stereocenters. The van der Waals surface area contributed by atoms with Gasteiger partial charge in [0, 0.05) is 168 Å². The molecular weight excluding hydrogens is 1740 g/mol. The van der Waals surface area contributed by atoms with Gasteiger partial charge in [-0.1, -0.05) is 94.9 Å². The third kappa shape index (κ3) is 17.7. The predicted molar refractivity (Wildman–Crippen MR) is 450 cm³/mol.